The summed E-state index contributed by atoms with van der Waals surface area (Å²) in [5, 5.41) is 0. The van der Waals surface area contributed by atoms with E-state index in [2.05, 4.69) is 109 Å². The smallest absolute Gasteiger partial charge is 0.313 e. The molecule has 0 bridgehead atoms. The number of nitrogens with zero attached hydrogens (tertiary/aromatic N) is 1. The molecular weight excluding hydrogens is 719 g/mol. The molecule has 1 saturated heterocycles. The Bertz CT molecular complexity index is 1350. The lowest BCUT2D eigenvalue weighted by Crippen LogP contribution is -2.58. The molecule has 332 valence electrons. The van der Waals surface area contributed by atoms with E-state index in [9.17, 15) is 19.2 Å². The van der Waals surface area contributed by atoms with Crippen molar-refractivity contribution in [3.05, 3.63) is 0 Å². The molecule has 1 rings (SSSR count). The van der Waals surface area contributed by atoms with Crippen LogP contribution in [0.5, 0.6) is 0 Å². The van der Waals surface area contributed by atoms with Crippen LogP contribution in [0.4, 0.5) is 0 Å². The number of ketones is 1. The monoisotopic (exact) mass is 806 g/mol. The number of amides is 1. The van der Waals surface area contributed by atoms with E-state index in [0.29, 0.717) is 25.7 Å². The zero-order valence-electron chi connectivity index (χ0n) is 39.9. The molecule has 1 fully saturated rings. The zero-order chi connectivity index (χ0) is 44.3. The molecule has 9 heteroatoms. The van der Waals surface area contributed by atoms with Crippen molar-refractivity contribution >= 4 is 29.6 Å². The summed E-state index contributed by atoms with van der Waals surface area (Å²) < 4.78 is 17.6. The molecule has 0 aliphatic carbocycles. The Morgan fingerprint density at radius 2 is 1.30 bits per heavy atom. The van der Waals surface area contributed by atoms with Gasteiger partial charge in [0.15, 0.2) is 0 Å². The summed E-state index contributed by atoms with van der Waals surface area (Å²) >= 11 is 0. The maximum absolute atomic E-state index is 15.1. The van der Waals surface area contributed by atoms with Gasteiger partial charge in [-0.1, -0.05) is 116 Å². The Balaban J connectivity index is 3.94. The topological polar surface area (TPSA) is 116 Å². The van der Waals surface area contributed by atoms with Gasteiger partial charge in [0, 0.05) is 31.3 Å². The minimum absolute atomic E-state index is 0.0257. The molecule has 0 aromatic carbocycles. The fourth-order valence-corrected chi connectivity index (χ4v) is 9.78. The van der Waals surface area contributed by atoms with E-state index in [4.69, 9.17) is 14.2 Å². The SMILES string of the molecule is CCC(C)(C)CC(OC(C)=O)C(C)(CC)CC(C)(CC)CC(C)(C(=O)OCCOC(=O)CC(C)=O)C(C)(CC)C(C)(C)CC(N1CCCCCC1=O)C(C)(C)CC. The summed E-state index contributed by atoms with van der Waals surface area (Å²) in [4.78, 5) is 67.3. The van der Waals surface area contributed by atoms with E-state index in [1.807, 2.05) is 0 Å². The highest BCUT2D eigenvalue weighted by Gasteiger charge is 2.61. The minimum atomic E-state index is -1.03. The van der Waals surface area contributed by atoms with E-state index in [-0.39, 0.29) is 77.1 Å². The molecular formula is C48H87NO8. The van der Waals surface area contributed by atoms with Crippen LogP contribution in [0.25, 0.3) is 0 Å². The van der Waals surface area contributed by atoms with E-state index >= 15 is 4.79 Å². The van der Waals surface area contributed by atoms with Crippen LogP contribution in [-0.2, 0) is 38.2 Å². The Labute approximate surface area is 349 Å². The predicted octanol–water partition coefficient (Wildman–Crippen LogP) is 11.5. The molecule has 0 radical (unpaired) electrons. The number of Topliss-reactive ketones (excluding diaryl/α,β-unsaturated/α-hetero) is 1. The van der Waals surface area contributed by atoms with Crippen LogP contribution in [0.2, 0.25) is 0 Å². The lowest BCUT2D eigenvalue weighted by molar-refractivity contribution is -0.184. The molecule has 1 aliphatic rings. The molecule has 6 unspecified atom stereocenters. The summed E-state index contributed by atoms with van der Waals surface area (Å²) in [6.07, 6.45) is 9.69. The highest BCUT2D eigenvalue weighted by atomic mass is 16.6. The van der Waals surface area contributed by atoms with Gasteiger partial charge in [-0.25, -0.2) is 0 Å². The van der Waals surface area contributed by atoms with Gasteiger partial charge in [0.25, 0.3) is 0 Å². The standard InChI is InChI=1S/C48H87NO8/c1-18-42(8,9)32-38(57-36(7)51)46(15,21-4)33-45(14,20-3)34-47(16,41(54)56-29-28-55-40(53)30-35(6)50)48(17,22-5)44(12,13)31-37(43(10,11)19-2)49-27-25-23-24-26-39(49)52/h37-38H,18-34H2,1-17H3. The Kier molecular flexibility index (Phi) is 19.5. The van der Waals surface area contributed by atoms with E-state index in [1.54, 1.807) is 0 Å². The van der Waals surface area contributed by atoms with Gasteiger partial charge < -0.3 is 19.1 Å². The highest BCUT2D eigenvalue weighted by Crippen LogP contribution is 2.63. The van der Waals surface area contributed by atoms with Crippen molar-refractivity contribution in [1.82, 2.24) is 4.90 Å². The molecule has 0 saturated carbocycles. The van der Waals surface area contributed by atoms with Crippen molar-refractivity contribution in [2.75, 3.05) is 19.8 Å². The second-order valence-corrected chi connectivity index (χ2v) is 20.9. The first-order chi connectivity index (χ1) is 26.1. The van der Waals surface area contributed by atoms with Gasteiger partial charge >= 0.3 is 17.9 Å². The predicted molar refractivity (Wildman–Crippen MR) is 230 cm³/mol. The fraction of sp³-hybridized carbons (Fsp3) is 0.896. The van der Waals surface area contributed by atoms with Crippen molar-refractivity contribution in [2.24, 2.45) is 37.9 Å². The molecule has 0 aromatic heterocycles. The zero-order valence-corrected chi connectivity index (χ0v) is 39.9. The quantitative estimate of drug-likeness (QED) is 0.0387. The average Bonchev–Trinajstić information content (AvgIpc) is 3.34. The van der Waals surface area contributed by atoms with Crippen molar-refractivity contribution in [3.63, 3.8) is 0 Å². The van der Waals surface area contributed by atoms with Gasteiger partial charge in [0.1, 0.15) is 31.5 Å². The molecule has 0 N–H and O–H groups in total. The molecule has 57 heavy (non-hydrogen) atoms. The maximum atomic E-state index is 15.1. The van der Waals surface area contributed by atoms with Crippen molar-refractivity contribution in [1.29, 1.82) is 0 Å². The number of hydrogen-bond donors (Lipinski definition) is 0. The van der Waals surface area contributed by atoms with Crippen LogP contribution in [0.1, 0.15) is 208 Å². The van der Waals surface area contributed by atoms with Gasteiger partial charge in [-0.2, -0.15) is 0 Å². The first-order valence-electron chi connectivity index (χ1n) is 22.4. The van der Waals surface area contributed by atoms with Crippen molar-refractivity contribution < 1.29 is 38.2 Å². The van der Waals surface area contributed by atoms with Gasteiger partial charge in [0.05, 0.1) is 5.41 Å². The average molecular weight is 806 g/mol. The third kappa shape index (κ3) is 13.8. The van der Waals surface area contributed by atoms with Gasteiger partial charge in [0.2, 0.25) is 5.91 Å². The lowest BCUT2D eigenvalue weighted by Gasteiger charge is -2.59. The number of carbonyl (C=O) groups excluding carboxylic acids is 5. The lowest BCUT2D eigenvalue weighted by atomic mass is 9.46. The van der Waals surface area contributed by atoms with Crippen LogP contribution in [0, 0.1) is 37.9 Å². The van der Waals surface area contributed by atoms with Crippen LogP contribution >= 0.6 is 0 Å². The normalized spacial score (nSPS) is 19.8. The van der Waals surface area contributed by atoms with Crippen molar-refractivity contribution in [2.45, 2.75) is 220 Å². The van der Waals surface area contributed by atoms with Gasteiger partial charge in [-0.05, 0) is 98.7 Å². The summed E-state index contributed by atoms with van der Waals surface area (Å²) in [6.45, 7) is 36.6. The Morgan fingerprint density at radius 3 is 1.79 bits per heavy atom. The third-order valence-electron chi connectivity index (χ3n) is 15.4. The summed E-state index contributed by atoms with van der Waals surface area (Å²) in [7, 11) is 0. The molecule has 0 spiro atoms. The van der Waals surface area contributed by atoms with E-state index in [1.165, 1.54) is 13.8 Å². The second kappa shape index (κ2) is 21.2. The number of ether oxygens (including phenoxy) is 3. The molecule has 6 atom stereocenters. The largest absolute Gasteiger partial charge is 0.462 e. The molecule has 1 heterocycles. The third-order valence-corrected chi connectivity index (χ3v) is 15.4. The van der Waals surface area contributed by atoms with Crippen LogP contribution in [0.15, 0.2) is 0 Å². The first-order valence-corrected chi connectivity index (χ1v) is 22.4. The van der Waals surface area contributed by atoms with Crippen LogP contribution in [0.3, 0.4) is 0 Å². The Hall–Kier alpha value is -2.45. The number of rotatable bonds is 25. The van der Waals surface area contributed by atoms with E-state index in [0.717, 1.165) is 64.3 Å². The number of esters is 3. The number of likely N-dealkylation sites (tertiary alicyclic amines) is 1. The maximum Gasteiger partial charge on any atom is 0.313 e. The van der Waals surface area contributed by atoms with Crippen molar-refractivity contribution in [3.8, 4) is 0 Å². The number of carbonyl (C=O) groups is 5. The highest BCUT2D eigenvalue weighted by molar-refractivity contribution is 5.94. The molecule has 1 amide bonds. The van der Waals surface area contributed by atoms with Gasteiger partial charge in [-0.15, -0.1) is 0 Å². The molecule has 1 aliphatic heterocycles. The summed E-state index contributed by atoms with van der Waals surface area (Å²) in [6, 6.07) is -0.0257. The van der Waals surface area contributed by atoms with E-state index < -0.39 is 22.2 Å². The van der Waals surface area contributed by atoms with Gasteiger partial charge in [-0.3, -0.25) is 24.0 Å². The summed E-state index contributed by atoms with van der Waals surface area (Å²) in [5.41, 5.74) is -3.06. The fourth-order valence-electron chi connectivity index (χ4n) is 9.78. The minimum Gasteiger partial charge on any atom is -0.462 e. The summed E-state index contributed by atoms with van der Waals surface area (Å²) in [5.74, 6) is -1.33. The number of hydrogen-bond acceptors (Lipinski definition) is 8. The first kappa shape index (κ1) is 52.6. The van der Waals surface area contributed by atoms with Crippen LogP contribution < -0.4 is 0 Å². The second-order valence-electron chi connectivity index (χ2n) is 20.9. The molecule has 0 aromatic rings. The molecule has 9 nitrogen and oxygen atoms in total. The Morgan fingerprint density at radius 1 is 0.702 bits per heavy atom. The van der Waals surface area contributed by atoms with Crippen LogP contribution in [-0.4, -0.2) is 66.4 Å².